The summed E-state index contributed by atoms with van der Waals surface area (Å²) in [4.78, 5) is 6.94. The van der Waals surface area contributed by atoms with E-state index in [1.807, 2.05) is 0 Å². The number of aromatic nitrogens is 3. The number of benzene rings is 2. The van der Waals surface area contributed by atoms with Crippen LogP contribution in [-0.4, -0.2) is 21.7 Å². The van der Waals surface area contributed by atoms with Gasteiger partial charge in [-0.25, -0.2) is 0 Å². The minimum atomic E-state index is 0.416. The summed E-state index contributed by atoms with van der Waals surface area (Å²) in [5.74, 6) is 1.77. The molecule has 0 atom stereocenters. The van der Waals surface area contributed by atoms with Crippen molar-refractivity contribution in [2.24, 2.45) is 0 Å². The number of hydrogen-bond donors (Lipinski definition) is 1. The predicted octanol–water partition coefficient (Wildman–Crippen LogP) is 4.74. The molecule has 0 bridgehead atoms. The number of nitrogens with zero attached hydrogens (tertiary/aromatic N) is 4. The van der Waals surface area contributed by atoms with E-state index in [2.05, 4.69) is 83.6 Å². The lowest BCUT2D eigenvalue weighted by atomic mass is 9.98. The lowest BCUT2D eigenvalue weighted by Crippen LogP contribution is -2.16. The molecule has 1 aliphatic heterocycles. The maximum Gasteiger partial charge on any atom is 0.249 e. The van der Waals surface area contributed by atoms with Crippen molar-refractivity contribution in [3.05, 3.63) is 65.4 Å². The summed E-state index contributed by atoms with van der Waals surface area (Å²) in [6.45, 7) is 7.40. The van der Waals surface area contributed by atoms with Gasteiger partial charge in [-0.15, -0.1) is 5.10 Å². The summed E-state index contributed by atoms with van der Waals surface area (Å²) in [6.07, 6.45) is 2.76. The van der Waals surface area contributed by atoms with E-state index < -0.39 is 0 Å². The molecule has 0 saturated carbocycles. The first-order valence-corrected chi connectivity index (χ1v) is 9.05. The Balaban J connectivity index is 1.66. The zero-order valence-electron chi connectivity index (χ0n) is 15.4. The highest BCUT2D eigenvalue weighted by atomic mass is 15.3. The van der Waals surface area contributed by atoms with E-state index in [4.69, 9.17) is 4.98 Å². The van der Waals surface area contributed by atoms with Gasteiger partial charge in [-0.1, -0.05) is 50.2 Å². The molecule has 5 heteroatoms. The largest absolute Gasteiger partial charge is 0.324 e. The van der Waals surface area contributed by atoms with E-state index in [1.165, 1.54) is 22.4 Å². The molecule has 5 nitrogen and oxygen atoms in total. The van der Waals surface area contributed by atoms with Gasteiger partial charge in [-0.2, -0.15) is 10.1 Å². The van der Waals surface area contributed by atoms with Gasteiger partial charge in [-0.05, 0) is 42.0 Å². The van der Waals surface area contributed by atoms with Gasteiger partial charge in [0.2, 0.25) is 5.95 Å². The first-order chi connectivity index (χ1) is 12.6. The Labute approximate surface area is 154 Å². The number of hydrogen-bond acceptors (Lipinski definition) is 5. The third-order valence-corrected chi connectivity index (χ3v) is 4.87. The number of nitrogens with one attached hydrogen (secondary N) is 1. The van der Waals surface area contributed by atoms with Gasteiger partial charge < -0.3 is 10.2 Å². The van der Waals surface area contributed by atoms with Gasteiger partial charge >= 0.3 is 0 Å². The normalized spacial score (nSPS) is 13.2. The molecule has 1 aliphatic rings. The van der Waals surface area contributed by atoms with Crippen molar-refractivity contribution < 1.29 is 0 Å². The molecule has 4 rings (SSSR count). The minimum Gasteiger partial charge on any atom is -0.324 e. The third-order valence-electron chi connectivity index (χ3n) is 4.87. The molecular weight excluding hydrogens is 322 g/mol. The van der Waals surface area contributed by atoms with Gasteiger partial charge in [0.25, 0.3) is 0 Å². The lowest BCUT2D eigenvalue weighted by molar-refractivity contribution is 0.864. The van der Waals surface area contributed by atoms with Crippen LogP contribution in [0.4, 0.5) is 23.1 Å². The van der Waals surface area contributed by atoms with E-state index in [9.17, 15) is 0 Å². The average Bonchev–Trinajstić information content (AvgIpc) is 3.07. The van der Waals surface area contributed by atoms with Crippen molar-refractivity contribution in [2.75, 3.05) is 16.8 Å². The topological polar surface area (TPSA) is 53.9 Å². The number of aryl methyl sites for hydroxylation is 1. The molecule has 0 aliphatic carbocycles. The molecular formula is C21H23N5. The maximum absolute atomic E-state index is 4.73. The second-order valence-corrected chi connectivity index (χ2v) is 6.99. The van der Waals surface area contributed by atoms with E-state index in [-0.39, 0.29) is 0 Å². The fraction of sp³-hybridized carbons (Fsp3) is 0.286. The zero-order valence-corrected chi connectivity index (χ0v) is 15.4. The molecule has 0 radical (unpaired) electrons. The Morgan fingerprint density at radius 3 is 2.77 bits per heavy atom. The first-order valence-electron chi connectivity index (χ1n) is 9.05. The van der Waals surface area contributed by atoms with Gasteiger partial charge in [0.05, 0.1) is 6.20 Å². The van der Waals surface area contributed by atoms with Crippen LogP contribution in [0.15, 0.2) is 48.7 Å². The van der Waals surface area contributed by atoms with Crippen LogP contribution in [0.5, 0.6) is 0 Å². The fourth-order valence-corrected chi connectivity index (χ4v) is 3.51. The molecule has 3 aromatic rings. The highest BCUT2D eigenvalue weighted by molar-refractivity contribution is 5.69. The summed E-state index contributed by atoms with van der Waals surface area (Å²) in [7, 11) is 0. The van der Waals surface area contributed by atoms with Crippen molar-refractivity contribution in [1.29, 1.82) is 0 Å². The van der Waals surface area contributed by atoms with Crippen LogP contribution < -0.4 is 10.2 Å². The summed E-state index contributed by atoms with van der Waals surface area (Å²) in [5, 5.41) is 11.8. The Morgan fingerprint density at radius 2 is 1.92 bits per heavy atom. The highest BCUT2D eigenvalue weighted by Gasteiger charge is 2.21. The molecule has 2 aromatic carbocycles. The number of fused-ring (bicyclic) bond motifs is 1. The van der Waals surface area contributed by atoms with Crippen molar-refractivity contribution in [2.45, 2.75) is 33.1 Å². The predicted molar refractivity (Wildman–Crippen MR) is 106 cm³/mol. The van der Waals surface area contributed by atoms with Crippen molar-refractivity contribution in [3.8, 4) is 0 Å². The molecule has 26 heavy (non-hydrogen) atoms. The zero-order chi connectivity index (χ0) is 18.1. The van der Waals surface area contributed by atoms with Crippen molar-refractivity contribution in [3.63, 3.8) is 0 Å². The summed E-state index contributed by atoms with van der Waals surface area (Å²) in [6, 6.07) is 14.8. The summed E-state index contributed by atoms with van der Waals surface area (Å²) >= 11 is 0. The molecule has 1 aromatic heterocycles. The Hall–Kier alpha value is -2.95. The second kappa shape index (κ2) is 6.75. The van der Waals surface area contributed by atoms with Gasteiger partial charge in [0, 0.05) is 17.9 Å². The van der Waals surface area contributed by atoms with Gasteiger partial charge in [-0.3, -0.25) is 0 Å². The van der Waals surface area contributed by atoms with Crippen LogP contribution in [0.2, 0.25) is 0 Å². The lowest BCUT2D eigenvalue weighted by Gasteiger charge is -2.19. The van der Waals surface area contributed by atoms with Gasteiger partial charge in [0.15, 0.2) is 5.82 Å². The first kappa shape index (κ1) is 16.5. The number of rotatable bonds is 4. The van der Waals surface area contributed by atoms with Crippen LogP contribution in [0.3, 0.4) is 0 Å². The average molecular weight is 345 g/mol. The van der Waals surface area contributed by atoms with Crippen molar-refractivity contribution >= 4 is 23.1 Å². The smallest absolute Gasteiger partial charge is 0.249 e. The number of para-hydroxylation sites is 2. The second-order valence-electron chi connectivity index (χ2n) is 6.99. The minimum absolute atomic E-state index is 0.416. The molecule has 2 heterocycles. The van der Waals surface area contributed by atoms with Crippen LogP contribution in [0.1, 0.15) is 36.5 Å². The number of anilines is 4. The highest BCUT2D eigenvalue weighted by Crippen LogP contribution is 2.34. The van der Waals surface area contributed by atoms with Crippen LogP contribution in [0, 0.1) is 6.92 Å². The molecule has 0 unspecified atom stereocenters. The Kier molecular flexibility index (Phi) is 4.29. The standard InChI is InChI=1S/C21H23N5/c1-14(2)17-9-6-7-15(3)20(17)24-21-23-19(13-22-25-21)26-12-11-16-8-4-5-10-18(16)26/h4-10,13-14H,11-12H2,1-3H3,(H,23,24,25). The van der Waals surface area contributed by atoms with E-state index in [0.717, 1.165) is 24.5 Å². The summed E-state index contributed by atoms with van der Waals surface area (Å²) < 4.78 is 0. The maximum atomic E-state index is 4.73. The molecule has 1 N–H and O–H groups in total. The SMILES string of the molecule is Cc1cccc(C(C)C)c1Nc1nncc(N2CCc3ccccc32)n1. The molecule has 0 saturated heterocycles. The Bertz CT molecular complexity index is 935. The van der Waals surface area contributed by atoms with E-state index in [0.29, 0.717) is 11.9 Å². The third kappa shape index (κ3) is 3.01. The molecule has 0 fully saturated rings. The fourth-order valence-electron chi connectivity index (χ4n) is 3.51. The summed E-state index contributed by atoms with van der Waals surface area (Å²) in [5.41, 5.74) is 6.06. The van der Waals surface area contributed by atoms with Crippen molar-refractivity contribution in [1.82, 2.24) is 15.2 Å². The Morgan fingerprint density at radius 1 is 1.08 bits per heavy atom. The molecule has 0 amide bonds. The van der Waals surface area contributed by atoms with Gasteiger partial charge in [0.1, 0.15) is 0 Å². The molecule has 0 spiro atoms. The van der Waals surface area contributed by atoms with Crippen LogP contribution >= 0.6 is 0 Å². The van der Waals surface area contributed by atoms with Crippen LogP contribution in [0.25, 0.3) is 0 Å². The molecule has 132 valence electrons. The van der Waals surface area contributed by atoms with E-state index in [1.54, 1.807) is 6.20 Å². The quantitative estimate of drug-likeness (QED) is 0.740. The monoisotopic (exact) mass is 345 g/mol. The van der Waals surface area contributed by atoms with Crippen LogP contribution in [-0.2, 0) is 6.42 Å². The van der Waals surface area contributed by atoms with E-state index >= 15 is 0 Å².